The van der Waals surface area contributed by atoms with Gasteiger partial charge in [0.1, 0.15) is 6.61 Å². The van der Waals surface area contributed by atoms with E-state index in [1.165, 1.54) is 12.1 Å². The third-order valence-electron chi connectivity index (χ3n) is 2.81. The van der Waals surface area contributed by atoms with Crippen molar-refractivity contribution < 1.29 is 14.3 Å². The van der Waals surface area contributed by atoms with E-state index in [1.54, 1.807) is 12.4 Å². The minimum Gasteiger partial charge on any atom is -0.490 e. The van der Waals surface area contributed by atoms with Crippen molar-refractivity contribution in [3.63, 3.8) is 0 Å². The molecule has 0 bridgehead atoms. The second-order valence-electron chi connectivity index (χ2n) is 4.34. The average molecular weight is 322 g/mol. The Morgan fingerprint density at radius 2 is 2.23 bits per heavy atom. The molecule has 3 N–H and O–H groups in total. The highest BCUT2D eigenvalue weighted by molar-refractivity contribution is 6.32. The van der Waals surface area contributed by atoms with Crippen molar-refractivity contribution in [1.29, 1.82) is 0 Å². The number of amides is 1. The van der Waals surface area contributed by atoms with Crippen LogP contribution in [0.25, 0.3) is 0 Å². The fourth-order valence-corrected chi connectivity index (χ4v) is 2.09. The maximum Gasteiger partial charge on any atom is 0.265 e. The number of hydrogen-bond acceptors (Lipinski definition) is 5. The number of halogens is 1. The molecule has 0 atom stereocenters. The van der Waals surface area contributed by atoms with Crippen molar-refractivity contribution in [2.75, 3.05) is 6.61 Å². The number of rotatable bonds is 6. The van der Waals surface area contributed by atoms with Crippen LogP contribution in [0.2, 0.25) is 5.02 Å². The Kier molecular flexibility index (Phi) is 5.57. The van der Waals surface area contributed by atoms with Crippen molar-refractivity contribution in [3.05, 3.63) is 52.8 Å². The topological polar surface area (TPSA) is 86.5 Å². The summed E-state index contributed by atoms with van der Waals surface area (Å²) in [5.74, 6) is 5.43. The zero-order valence-corrected chi connectivity index (χ0v) is 12.8. The molecule has 1 heterocycles. The molecule has 2 rings (SSSR count). The van der Waals surface area contributed by atoms with Crippen LogP contribution in [0, 0.1) is 0 Å². The van der Waals surface area contributed by atoms with Gasteiger partial charge in [0, 0.05) is 23.5 Å². The van der Waals surface area contributed by atoms with E-state index in [0.29, 0.717) is 23.7 Å². The van der Waals surface area contributed by atoms with Gasteiger partial charge in [-0.3, -0.25) is 15.2 Å². The van der Waals surface area contributed by atoms with Crippen LogP contribution >= 0.6 is 11.6 Å². The maximum atomic E-state index is 11.6. The zero-order valence-electron chi connectivity index (χ0n) is 12.0. The molecule has 0 saturated carbocycles. The second kappa shape index (κ2) is 7.63. The molecule has 7 heteroatoms. The van der Waals surface area contributed by atoms with Gasteiger partial charge in [0.2, 0.25) is 0 Å². The molecule has 0 spiro atoms. The molecule has 0 saturated heterocycles. The van der Waals surface area contributed by atoms with Crippen LogP contribution in [0.3, 0.4) is 0 Å². The fraction of sp³-hybridized carbons (Fsp3) is 0.200. The smallest absolute Gasteiger partial charge is 0.265 e. The molecule has 2 aromatic rings. The van der Waals surface area contributed by atoms with Crippen LogP contribution in [0.5, 0.6) is 11.5 Å². The van der Waals surface area contributed by atoms with Crippen LogP contribution in [0.1, 0.15) is 22.8 Å². The van der Waals surface area contributed by atoms with Crippen LogP contribution in [-0.4, -0.2) is 17.5 Å². The Balaban J connectivity index is 2.27. The summed E-state index contributed by atoms with van der Waals surface area (Å²) in [5, 5.41) is 0.272. The lowest BCUT2D eigenvalue weighted by molar-refractivity contribution is 0.0953. The number of aromatic nitrogens is 1. The standard InChI is InChI=1S/C15H16ClN3O3/c1-2-21-13-7-11(15(20)19-17)6-12(16)14(13)22-9-10-4-3-5-18-8-10/h3-8H,2,9,17H2,1H3,(H,19,20). The van der Waals surface area contributed by atoms with Crippen LogP contribution in [-0.2, 0) is 6.61 Å². The van der Waals surface area contributed by atoms with Crippen molar-refractivity contribution in [1.82, 2.24) is 10.4 Å². The first-order valence-corrected chi connectivity index (χ1v) is 7.02. The number of carbonyl (C=O) groups is 1. The van der Waals surface area contributed by atoms with Crippen molar-refractivity contribution in [2.24, 2.45) is 5.84 Å². The monoisotopic (exact) mass is 321 g/mol. The quantitative estimate of drug-likeness (QED) is 0.484. The van der Waals surface area contributed by atoms with Gasteiger partial charge in [0.05, 0.1) is 11.6 Å². The Morgan fingerprint density at radius 3 is 2.86 bits per heavy atom. The first-order chi connectivity index (χ1) is 10.7. The Bertz CT molecular complexity index is 650. The summed E-state index contributed by atoms with van der Waals surface area (Å²) in [5.41, 5.74) is 3.24. The molecule has 6 nitrogen and oxygen atoms in total. The van der Waals surface area contributed by atoms with E-state index in [2.05, 4.69) is 10.4 Å². The molecular weight excluding hydrogens is 306 g/mol. The predicted molar refractivity (Wildman–Crippen MR) is 82.8 cm³/mol. The zero-order chi connectivity index (χ0) is 15.9. The number of ether oxygens (including phenoxy) is 2. The number of nitrogens with two attached hydrogens (primary N) is 1. The largest absolute Gasteiger partial charge is 0.490 e. The summed E-state index contributed by atoms with van der Waals surface area (Å²) < 4.78 is 11.2. The van der Waals surface area contributed by atoms with Gasteiger partial charge in [0.25, 0.3) is 5.91 Å². The lowest BCUT2D eigenvalue weighted by Crippen LogP contribution is -2.30. The molecule has 1 aromatic heterocycles. The molecule has 22 heavy (non-hydrogen) atoms. The minimum absolute atomic E-state index is 0.272. The summed E-state index contributed by atoms with van der Waals surface area (Å²) in [6.07, 6.45) is 3.38. The van der Waals surface area contributed by atoms with Crippen LogP contribution < -0.4 is 20.7 Å². The Labute approximate surface area is 133 Å². The van der Waals surface area contributed by atoms with E-state index in [4.69, 9.17) is 26.9 Å². The SMILES string of the molecule is CCOc1cc(C(=O)NN)cc(Cl)c1OCc1cccnc1. The number of carbonyl (C=O) groups excluding carboxylic acids is 1. The van der Waals surface area contributed by atoms with Gasteiger partial charge in [-0.15, -0.1) is 0 Å². The molecule has 0 aliphatic heterocycles. The normalized spacial score (nSPS) is 10.1. The van der Waals surface area contributed by atoms with E-state index < -0.39 is 5.91 Å². The summed E-state index contributed by atoms with van der Waals surface area (Å²) >= 11 is 6.20. The minimum atomic E-state index is -0.457. The van der Waals surface area contributed by atoms with Gasteiger partial charge in [-0.25, -0.2) is 5.84 Å². The van der Waals surface area contributed by atoms with Gasteiger partial charge in [-0.1, -0.05) is 17.7 Å². The summed E-state index contributed by atoms with van der Waals surface area (Å²) in [4.78, 5) is 15.6. The van der Waals surface area contributed by atoms with E-state index >= 15 is 0 Å². The van der Waals surface area contributed by atoms with Crippen LogP contribution in [0.15, 0.2) is 36.7 Å². The van der Waals surface area contributed by atoms with E-state index in [0.717, 1.165) is 5.56 Å². The molecule has 1 amide bonds. The summed E-state index contributed by atoms with van der Waals surface area (Å²) in [6.45, 7) is 2.53. The van der Waals surface area contributed by atoms with Gasteiger partial charge in [0.15, 0.2) is 11.5 Å². The highest BCUT2D eigenvalue weighted by Gasteiger charge is 2.16. The average Bonchev–Trinajstić information content (AvgIpc) is 2.54. The molecule has 0 aliphatic carbocycles. The van der Waals surface area contributed by atoms with Crippen molar-refractivity contribution >= 4 is 17.5 Å². The lowest BCUT2D eigenvalue weighted by atomic mass is 10.2. The maximum absolute atomic E-state index is 11.6. The summed E-state index contributed by atoms with van der Waals surface area (Å²) in [6, 6.07) is 6.72. The molecule has 0 radical (unpaired) electrons. The first-order valence-electron chi connectivity index (χ1n) is 6.64. The van der Waals surface area contributed by atoms with Crippen LogP contribution in [0.4, 0.5) is 0 Å². The number of nitrogens with zero attached hydrogens (tertiary/aromatic N) is 1. The van der Waals surface area contributed by atoms with Gasteiger partial charge < -0.3 is 9.47 Å². The third kappa shape index (κ3) is 3.87. The molecule has 0 unspecified atom stereocenters. The number of hydrogen-bond donors (Lipinski definition) is 2. The van der Waals surface area contributed by atoms with E-state index in [-0.39, 0.29) is 11.6 Å². The van der Waals surface area contributed by atoms with E-state index in [9.17, 15) is 4.79 Å². The number of nitrogen functional groups attached to an aromatic ring is 1. The lowest BCUT2D eigenvalue weighted by Gasteiger charge is -2.15. The van der Waals surface area contributed by atoms with E-state index in [1.807, 2.05) is 19.1 Å². The number of hydrazine groups is 1. The Hall–Kier alpha value is -2.31. The molecule has 1 aromatic carbocycles. The van der Waals surface area contributed by atoms with Gasteiger partial charge in [-0.05, 0) is 25.1 Å². The summed E-state index contributed by atoms with van der Waals surface area (Å²) in [7, 11) is 0. The highest BCUT2D eigenvalue weighted by atomic mass is 35.5. The third-order valence-corrected chi connectivity index (χ3v) is 3.09. The van der Waals surface area contributed by atoms with Gasteiger partial charge in [-0.2, -0.15) is 0 Å². The number of benzene rings is 1. The number of nitrogens with one attached hydrogen (secondary N) is 1. The van der Waals surface area contributed by atoms with Crippen molar-refractivity contribution in [3.8, 4) is 11.5 Å². The predicted octanol–water partition coefficient (Wildman–Crippen LogP) is 2.32. The molecule has 0 fully saturated rings. The Morgan fingerprint density at radius 1 is 1.41 bits per heavy atom. The second-order valence-corrected chi connectivity index (χ2v) is 4.75. The molecule has 116 valence electrons. The van der Waals surface area contributed by atoms with Gasteiger partial charge >= 0.3 is 0 Å². The first kappa shape index (κ1) is 16.1. The fourth-order valence-electron chi connectivity index (χ4n) is 1.82. The molecule has 0 aliphatic rings. The highest BCUT2D eigenvalue weighted by Crippen LogP contribution is 2.37. The number of pyridine rings is 1. The van der Waals surface area contributed by atoms with Crippen molar-refractivity contribution in [2.45, 2.75) is 13.5 Å². The molecular formula is C15H16ClN3O3.